The van der Waals surface area contributed by atoms with Crippen LogP contribution in [0.1, 0.15) is 44.6 Å². The summed E-state index contributed by atoms with van der Waals surface area (Å²) >= 11 is 0. The maximum atomic E-state index is 12.7. The highest BCUT2D eigenvalue weighted by Gasteiger charge is 2.29. The molecular weight excluding hydrogens is 342 g/mol. The molecule has 0 saturated heterocycles. The molecule has 146 valence electrons. The highest BCUT2D eigenvalue weighted by molar-refractivity contribution is 6.21. The number of hydrogen-bond donors (Lipinski definition) is 2. The smallest absolute Gasteiger partial charge is 0.247 e. The lowest BCUT2D eigenvalue weighted by Gasteiger charge is -2.31. The van der Waals surface area contributed by atoms with E-state index < -0.39 is 0 Å². The Bertz CT molecular complexity index is 729. The van der Waals surface area contributed by atoms with Gasteiger partial charge in [0.2, 0.25) is 11.8 Å². The molecule has 1 aromatic carbocycles. The third kappa shape index (κ3) is 5.24. The number of anilines is 1. The van der Waals surface area contributed by atoms with Crippen LogP contribution in [0.2, 0.25) is 0 Å². The Labute approximate surface area is 160 Å². The van der Waals surface area contributed by atoms with E-state index in [1.807, 2.05) is 24.3 Å². The maximum Gasteiger partial charge on any atom is 0.247 e. The number of carbonyl (C=O) groups excluding carboxylic acids is 2. The average molecular weight is 371 g/mol. The quantitative estimate of drug-likeness (QED) is 0.511. The van der Waals surface area contributed by atoms with Crippen molar-refractivity contribution in [2.75, 3.05) is 24.5 Å². The Hall–Kier alpha value is -2.51. The minimum atomic E-state index is -0.140. The molecule has 0 saturated carbocycles. The fraction of sp³-hybridized carbons (Fsp3) is 0.450. The molecule has 2 amide bonds. The van der Waals surface area contributed by atoms with Crippen molar-refractivity contribution in [3.63, 3.8) is 0 Å². The fourth-order valence-electron chi connectivity index (χ4n) is 3.01. The van der Waals surface area contributed by atoms with Crippen LogP contribution >= 0.6 is 0 Å². The lowest BCUT2D eigenvalue weighted by Crippen LogP contribution is -2.40. The van der Waals surface area contributed by atoms with Gasteiger partial charge in [0, 0.05) is 24.2 Å². The van der Waals surface area contributed by atoms with Gasteiger partial charge in [0.1, 0.15) is 0 Å². The van der Waals surface area contributed by atoms with Gasteiger partial charge >= 0.3 is 0 Å². The summed E-state index contributed by atoms with van der Waals surface area (Å²) in [5, 5.41) is 5.83. The summed E-state index contributed by atoms with van der Waals surface area (Å²) in [6.45, 7) is 7.24. The molecule has 0 aromatic heterocycles. The summed E-state index contributed by atoms with van der Waals surface area (Å²) < 4.78 is 0. The van der Waals surface area contributed by atoms with Crippen LogP contribution in [0.15, 0.2) is 41.6 Å². The number of rotatable bonds is 9. The minimum Gasteiger partial charge on any atom is -0.330 e. The van der Waals surface area contributed by atoms with E-state index in [9.17, 15) is 9.59 Å². The fourth-order valence-corrected chi connectivity index (χ4v) is 3.01. The molecule has 1 aromatic rings. The molecule has 0 atom stereocenters. The lowest BCUT2D eigenvalue weighted by molar-refractivity contribution is -0.129. The SMILES string of the molecule is C=C(C)N(/N=C1\CC(=O)N(CCCN)c2ccccc21)C(=O)CCCCN. The van der Waals surface area contributed by atoms with Gasteiger partial charge in [-0.15, -0.1) is 0 Å². The molecule has 0 bridgehead atoms. The summed E-state index contributed by atoms with van der Waals surface area (Å²) in [5.74, 6) is -0.183. The van der Waals surface area contributed by atoms with E-state index >= 15 is 0 Å². The Morgan fingerprint density at radius 1 is 1.22 bits per heavy atom. The first kappa shape index (κ1) is 20.8. The first-order valence-corrected chi connectivity index (χ1v) is 9.35. The minimum absolute atomic E-state index is 0.0434. The number of carbonyl (C=O) groups is 2. The summed E-state index contributed by atoms with van der Waals surface area (Å²) in [7, 11) is 0. The van der Waals surface area contributed by atoms with E-state index in [1.54, 1.807) is 11.8 Å². The van der Waals surface area contributed by atoms with Gasteiger partial charge in [-0.05, 0) is 45.3 Å². The monoisotopic (exact) mass is 371 g/mol. The first-order valence-electron chi connectivity index (χ1n) is 9.35. The predicted octanol–water partition coefficient (Wildman–Crippen LogP) is 1.97. The Morgan fingerprint density at radius 2 is 1.93 bits per heavy atom. The molecule has 7 nitrogen and oxygen atoms in total. The van der Waals surface area contributed by atoms with E-state index in [1.165, 1.54) is 5.01 Å². The summed E-state index contributed by atoms with van der Waals surface area (Å²) in [6, 6.07) is 7.61. The number of benzene rings is 1. The largest absolute Gasteiger partial charge is 0.330 e. The van der Waals surface area contributed by atoms with Crippen LogP contribution < -0.4 is 16.4 Å². The molecular formula is C20H29N5O2. The maximum absolute atomic E-state index is 12.7. The van der Waals surface area contributed by atoms with Crippen molar-refractivity contribution in [2.45, 2.75) is 39.0 Å². The van der Waals surface area contributed by atoms with Gasteiger partial charge in [0.15, 0.2) is 0 Å². The second-order valence-electron chi connectivity index (χ2n) is 6.61. The van der Waals surface area contributed by atoms with E-state index in [2.05, 4.69) is 11.7 Å². The average Bonchev–Trinajstić information content (AvgIpc) is 2.65. The lowest BCUT2D eigenvalue weighted by atomic mass is 9.99. The molecule has 1 aliphatic rings. The third-order valence-corrected chi connectivity index (χ3v) is 4.37. The molecule has 0 unspecified atom stereocenters. The van der Waals surface area contributed by atoms with Crippen molar-refractivity contribution >= 4 is 23.2 Å². The highest BCUT2D eigenvalue weighted by Crippen LogP contribution is 2.29. The zero-order valence-electron chi connectivity index (χ0n) is 16.0. The molecule has 0 radical (unpaired) electrons. The molecule has 0 spiro atoms. The van der Waals surface area contributed by atoms with Crippen molar-refractivity contribution < 1.29 is 9.59 Å². The summed E-state index contributed by atoms with van der Waals surface area (Å²) in [6.07, 6.45) is 2.70. The standard InChI is InChI=1S/C20H29N5O2/c1-15(2)25(19(26)10-5-6-11-21)23-17-14-20(27)24(13-7-12-22)18-9-4-3-8-16(17)18/h3-4,8-9H,1,5-7,10-14,21-22H2,2H3/b23-17+. The molecule has 0 aliphatic carbocycles. The number of hydrazone groups is 1. The molecule has 1 aliphatic heterocycles. The van der Waals surface area contributed by atoms with Gasteiger partial charge in [-0.2, -0.15) is 5.10 Å². The summed E-state index contributed by atoms with van der Waals surface area (Å²) in [4.78, 5) is 27.0. The van der Waals surface area contributed by atoms with Crippen molar-refractivity contribution in [1.29, 1.82) is 0 Å². The van der Waals surface area contributed by atoms with Gasteiger partial charge in [-0.3, -0.25) is 9.59 Å². The second-order valence-corrected chi connectivity index (χ2v) is 6.61. The zero-order valence-corrected chi connectivity index (χ0v) is 16.0. The third-order valence-electron chi connectivity index (χ3n) is 4.37. The Kier molecular flexibility index (Phi) is 7.69. The summed E-state index contributed by atoms with van der Waals surface area (Å²) in [5.41, 5.74) is 13.9. The molecule has 27 heavy (non-hydrogen) atoms. The van der Waals surface area contributed by atoms with Crippen LogP contribution in [0, 0.1) is 0 Å². The Morgan fingerprint density at radius 3 is 2.59 bits per heavy atom. The second kappa shape index (κ2) is 9.99. The van der Waals surface area contributed by atoms with Crippen molar-refractivity contribution in [2.24, 2.45) is 16.6 Å². The van der Waals surface area contributed by atoms with Crippen LogP contribution in [0.3, 0.4) is 0 Å². The number of nitrogens with zero attached hydrogens (tertiary/aromatic N) is 3. The first-order chi connectivity index (χ1) is 13.0. The van der Waals surface area contributed by atoms with E-state index in [4.69, 9.17) is 11.5 Å². The van der Waals surface area contributed by atoms with Crippen molar-refractivity contribution in [1.82, 2.24) is 5.01 Å². The van der Waals surface area contributed by atoms with Gasteiger partial charge in [0.05, 0.1) is 17.8 Å². The molecule has 7 heteroatoms. The van der Waals surface area contributed by atoms with E-state index in [0.29, 0.717) is 43.9 Å². The number of para-hydroxylation sites is 1. The van der Waals surface area contributed by atoms with Crippen molar-refractivity contribution in [3.8, 4) is 0 Å². The molecule has 2 rings (SSSR count). The zero-order chi connectivity index (χ0) is 19.8. The van der Waals surface area contributed by atoms with Gasteiger partial charge < -0.3 is 16.4 Å². The van der Waals surface area contributed by atoms with Crippen LogP contribution in [-0.2, 0) is 9.59 Å². The van der Waals surface area contributed by atoms with Gasteiger partial charge in [0.25, 0.3) is 0 Å². The van der Waals surface area contributed by atoms with Crippen LogP contribution in [0.5, 0.6) is 0 Å². The van der Waals surface area contributed by atoms with Crippen LogP contribution in [0.25, 0.3) is 0 Å². The van der Waals surface area contributed by atoms with Gasteiger partial charge in [-0.1, -0.05) is 24.8 Å². The molecule has 4 N–H and O–H groups in total. The molecule has 1 heterocycles. The number of allylic oxidation sites excluding steroid dienone is 1. The van der Waals surface area contributed by atoms with E-state index in [-0.39, 0.29) is 18.2 Å². The Balaban J connectivity index is 2.33. The van der Waals surface area contributed by atoms with Crippen LogP contribution in [-0.4, -0.2) is 42.2 Å². The number of hydrogen-bond acceptors (Lipinski definition) is 5. The number of nitrogens with two attached hydrogens (primary N) is 2. The topological polar surface area (TPSA) is 105 Å². The van der Waals surface area contributed by atoms with Crippen molar-refractivity contribution in [3.05, 3.63) is 42.1 Å². The van der Waals surface area contributed by atoms with Crippen LogP contribution in [0.4, 0.5) is 5.69 Å². The molecule has 0 fully saturated rings. The van der Waals surface area contributed by atoms with E-state index in [0.717, 1.165) is 24.1 Å². The number of amides is 2. The highest BCUT2D eigenvalue weighted by atomic mass is 16.2. The normalized spacial score (nSPS) is 15.0. The predicted molar refractivity (Wildman–Crippen MR) is 108 cm³/mol. The number of fused-ring (bicyclic) bond motifs is 1. The van der Waals surface area contributed by atoms with Gasteiger partial charge in [-0.25, -0.2) is 5.01 Å². The number of unbranched alkanes of at least 4 members (excludes halogenated alkanes) is 1.